The van der Waals surface area contributed by atoms with Gasteiger partial charge in [-0.3, -0.25) is 9.89 Å². The van der Waals surface area contributed by atoms with Gasteiger partial charge in [0.05, 0.1) is 19.3 Å². The van der Waals surface area contributed by atoms with Gasteiger partial charge in [-0.1, -0.05) is 23.7 Å². The van der Waals surface area contributed by atoms with E-state index in [1.807, 2.05) is 47.9 Å². The predicted octanol–water partition coefficient (Wildman–Crippen LogP) is 2.18. The van der Waals surface area contributed by atoms with Crippen molar-refractivity contribution in [2.45, 2.75) is 26.9 Å². The van der Waals surface area contributed by atoms with E-state index in [0.29, 0.717) is 31.2 Å². The van der Waals surface area contributed by atoms with Crippen LogP contribution in [0.4, 0.5) is 0 Å². The van der Waals surface area contributed by atoms with Crippen LogP contribution in [-0.2, 0) is 17.9 Å². The van der Waals surface area contributed by atoms with Crippen LogP contribution in [-0.4, -0.2) is 58.0 Å². The number of aromatic amines is 1. The first-order valence-electron chi connectivity index (χ1n) is 9.11. The number of carbonyl (C=O) groups excluding carboxylic acids is 1. The Kier molecular flexibility index (Phi) is 6.34. The molecule has 1 aliphatic rings. The Morgan fingerprint density at radius 1 is 1.33 bits per heavy atom. The van der Waals surface area contributed by atoms with Crippen molar-refractivity contribution in [2.75, 3.05) is 26.2 Å². The van der Waals surface area contributed by atoms with Gasteiger partial charge in [0.1, 0.15) is 0 Å². The molecular weight excluding hydrogens is 364 g/mol. The number of hydrogen-bond donors (Lipinski definition) is 2. The third-order valence-electron chi connectivity index (χ3n) is 4.57. The first-order chi connectivity index (χ1) is 13.1. The average Bonchev–Trinajstić information content (AvgIpc) is 3.07. The summed E-state index contributed by atoms with van der Waals surface area (Å²) in [5.41, 5.74) is 3.15. The molecule has 0 saturated carbocycles. The Bertz CT molecular complexity index is 801. The lowest BCUT2D eigenvalue weighted by Gasteiger charge is -2.36. The number of benzene rings is 1. The summed E-state index contributed by atoms with van der Waals surface area (Å²) in [5.74, 6) is 0.860. The van der Waals surface area contributed by atoms with Crippen molar-refractivity contribution < 1.29 is 4.79 Å². The molecule has 7 nitrogen and oxygen atoms in total. The number of aryl methyl sites for hydroxylation is 1. The van der Waals surface area contributed by atoms with Crippen LogP contribution < -0.4 is 5.32 Å². The van der Waals surface area contributed by atoms with Crippen LogP contribution in [0.5, 0.6) is 0 Å². The highest BCUT2D eigenvalue weighted by Gasteiger charge is 2.26. The van der Waals surface area contributed by atoms with E-state index in [9.17, 15) is 4.79 Å². The Morgan fingerprint density at radius 3 is 2.74 bits per heavy atom. The number of amides is 1. The number of hydrogen-bond acceptors (Lipinski definition) is 3. The fourth-order valence-corrected chi connectivity index (χ4v) is 3.11. The molecule has 3 rings (SSSR count). The van der Waals surface area contributed by atoms with E-state index in [0.717, 1.165) is 35.9 Å². The molecule has 0 radical (unpaired) electrons. The third kappa shape index (κ3) is 5.01. The van der Waals surface area contributed by atoms with Crippen molar-refractivity contribution in [3.8, 4) is 0 Å². The smallest absolute Gasteiger partial charge is 0.242 e. The molecule has 144 valence electrons. The summed E-state index contributed by atoms with van der Waals surface area (Å²) in [6.45, 7) is 7.62. The molecule has 1 aliphatic heterocycles. The number of guanidine groups is 1. The van der Waals surface area contributed by atoms with Crippen LogP contribution in [0.15, 0.2) is 35.5 Å². The first-order valence-corrected chi connectivity index (χ1v) is 9.49. The normalized spacial score (nSPS) is 15.4. The van der Waals surface area contributed by atoms with Crippen molar-refractivity contribution in [1.29, 1.82) is 0 Å². The van der Waals surface area contributed by atoms with E-state index in [2.05, 4.69) is 20.5 Å². The summed E-state index contributed by atoms with van der Waals surface area (Å²) in [6.07, 6.45) is 1.79. The number of aromatic nitrogens is 2. The zero-order chi connectivity index (χ0) is 19.2. The van der Waals surface area contributed by atoms with Gasteiger partial charge in [0, 0.05) is 42.5 Å². The molecule has 2 heterocycles. The molecule has 8 heteroatoms. The number of H-pyrrole nitrogens is 1. The highest BCUT2D eigenvalue weighted by atomic mass is 35.5. The van der Waals surface area contributed by atoms with Crippen LogP contribution in [0, 0.1) is 6.92 Å². The highest BCUT2D eigenvalue weighted by Crippen LogP contribution is 2.14. The Hall–Kier alpha value is -2.54. The molecule has 0 unspecified atom stereocenters. The Balaban J connectivity index is 1.62. The second kappa shape index (κ2) is 8.90. The van der Waals surface area contributed by atoms with Crippen LogP contribution in [0.25, 0.3) is 0 Å². The van der Waals surface area contributed by atoms with Gasteiger partial charge in [-0.25, -0.2) is 4.99 Å². The quantitative estimate of drug-likeness (QED) is 0.608. The van der Waals surface area contributed by atoms with Gasteiger partial charge in [-0.05, 0) is 31.5 Å². The SMILES string of the molecule is CCNC(=NCc1cn[nH]c1C)N1CCN(Cc2ccc(Cl)cc2)C(=O)C1. The lowest BCUT2D eigenvalue weighted by molar-refractivity contribution is -0.135. The first kappa shape index (κ1) is 19.2. The average molecular weight is 389 g/mol. The minimum absolute atomic E-state index is 0.0984. The lowest BCUT2D eigenvalue weighted by Crippen LogP contribution is -2.54. The van der Waals surface area contributed by atoms with Crippen molar-refractivity contribution in [3.63, 3.8) is 0 Å². The molecule has 0 spiro atoms. The monoisotopic (exact) mass is 388 g/mol. The molecule has 0 aliphatic carbocycles. The summed E-state index contributed by atoms with van der Waals surface area (Å²) in [5, 5.41) is 10.9. The second-order valence-electron chi connectivity index (χ2n) is 6.55. The number of aliphatic imine (C=N–C) groups is 1. The summed E-state index contributed by atoms with van der Waals surface area (Å²) in [4.78, 5) is 21.2. The van der Waals surface area contributed by atoms with Gasteiger partial charge in [-0.15, -0.1) is 0 Å². The molecule has 27 heavy (non-hydrogen) atoms. The third-order valence-corrected chi connectivity index (χ3v) is 4.83. The number of carbonyl (C=O) groups is 1. The van der Waals surface area contributed by atoms with Crippen LogP contribution in [0.1, 0.15) is 23.7 Å². The van der Waals surface area contributed by atoms with E-state index >= 15 is 0 Å². The fraction of sp³-hybridized carbons (Fsp3) is 0.421. The van der Waals surface area contributed by atoms with Crippen LogP contribution in [0.3, 0.4) is 0 Å². The van der Waals surface area contributed by atoms with E-state index in [-0.39, 0.29) is 5.91 Å². The van der Waals surface area contributed by atoms with Gasteiger partial charge in [0.15, 0.2) is 5.96 Å². The maximum Gasteiger partial charge on any atom is 0.242 e. The molecule has 0 bridgehead atoms. The minimum atomic E-state index is 0.0984. The molecule has 1 saturated heterocycles. The van der Waals surface area contributed by atoms with Crippen LogP contribution in [0.2, 0.25) is 5.02 Å². The van der Waals surface area contributed by atoms with Gasteiger partial charge in [-0.2, -0.15) is 5.10 Å². The summed E-state index contributed by atoms with van der Waals surface area (Å²) >= 11 is 5.93. The molecule has 0 atom stereocenters. The molecular formula is C19H25ClN6O. The lowest BCUT2D eigenvalue weighted by atomic mass is 10.2. The largest absolute Gasteiger partial charge is 0.356 e. The summed E-state index contributed by atoms with van der Waals surface area (Å²) in [7, 11) is 0. The van der Waals surface area contributed by atoms with Crippen LogP contribution >= 0.6 is 11.6 Å². The molecule has 2 N–H and O–H groups in total. The molecule has 2 aromatic rings. The van der Waals surface area contributed by atoms with Crippen molar-refractivity contribution in [3.05, 3.63) is 52.3 Å². The number of halogens is 1. The zero-order valence-corrected chi connectivity index (χ0v) is 16.5. The summed E-state index contributed by atoms with van der Waals surface area (Å²) in [6, 6.07) is 7.62. The van der Waals surface area contributed by atoms with E-state index in [1.165, 1.54) is 0 Å². The van der Waals surface area contributed by atoms with E-state index < -0.39 is 0 Å². The molecule has 1 fully saturated rings. The van der Waals surface area contributed by atoms with Gasteiger partial charge >= 0.3 is 0 Å². The standard InChI is InChI=1S/C19H25ClN6O/c1-3-21-19(22-10-16-11-23-24-14(16)2)26-9-8-25(18(27)13-26)12-15-4-6-17(20)7-5-15/h4-7,11H,3,8-10,12-13H2,1-2H3,(H,21,22)(H,23,24). The maximum absolute atomic E-state index is 12.6. The van der Waals surface area contributed by atoms with Gasteiger partial charge in [0.2, 0.25) is 5.91 Å². The number of piperazine rings is 1. The molecule has 1 amide bonds. The highest BCUT2D eigenvalue weighted by molar-refractivity contribution is 6.30. The van der Waals surface area contributed by atoms with Crippen molar-refractivity contribution in [1.82, 2.24) is 25.3 Å². The van der Waals surface area contributed by atoms with E-state index in [4.69, 9.17) is 11.6 Å². The Labute approximate surface area is 164 Å². The molecule has 1 aromatic heterocycles. The van der Waals surface area contributed by atoms with Gasteiger partial charge < -0.3 is 15.1 Å². The minimum Gasteiger partial charge on any atom is -0.356 e. The Morgan fingerprint density at radius 2 is 2.11 bits per heavy atom. The van der Waals surface area contributed by atoms with Gasteiger partial charge in [0.25, 0.3) is 0 Å². The topological polar surface area (TPSA) is 76.6 Å². The number of nitrogens with one attached hydrogen (secondary N) is 2. The zero-order valence-electron chi connectivity index (χ0n) is 15.7. The number of nitrogens with zero attached hydrogens (tertiary/aromatic N) is 4. The number of rotatable bonds is 5. The van der Waals surface area contributed by atoms with E-state index in [1.54, 1.807) is 6.20 Å². The second-order valence-corrected chi connectivity index (χ2v) is 6.99. The molecule has 1 aromatic carbocycles. The van der Waals surface area contributed by atoms with Crippen molar-refractivity contribution >= 4 is 23.5 Å². The predicted molar refractivity (Wildman–Crippen MR) is 107 cm³/mol. The summed E-state index contributed by atoms with van der Waals surface area (Å²) < 4.78 is 0. The van der Waals surface area contributed by atoms with Crippen molar-refractivity contribution in [2.24, 2.45) is 4.99 Å². The maximum atomic E-state index is 12.6. The fourth-order valence-electron chi connectivity index (χ4n) is 2.99.